The molecule has 1 fully saturated rings. The maximum Gasteiger partial charge on any atom is 0.327 e. The highest BCUT2D eigenvalue weighted by molar-refractivity contribution is 5.80. The van der Waals surface area contributed by atoms with Gasteiger partial charge in [0.15, 0.2) is 0 Å². The van der Waals surface area contributed by atoms with E-state index in [1.165, 1.54) is 87.5 Å². The molecular formula is C30H30N6O12. The average molecular weight is 667 g/mol. The molecule has 4 rings (SSSR count). The van der Waals surface area contributed by atoms with Crippen molar-refractivity contribution in [2.45, 2.75) is 18.1 Å². The van der Waals surface area contributed by atoms with Gasteiger partial charge in [0.05, 0.1) is 56.1 Å². The van der Waals surface area contributed by atoms with E-state index in [2.05, 4.69) is 0 Å². The summed E-state index contributed by atoms with van der Waals surface area (Å²) in [5.74, 6) is -2.52. The average Bonchev–Trinajstić information content (AvgIpc) is 3.08. The Hall–Kier alpha value is -5.85. The fourth-order valence-electron chi connectivity index (χ4n) is 5.57. The number of nitro benzene ring substituents is 3. The largest absolute Gasteiger partial charge is 0.468 e. The molecule has 0 spiro atoms. The number of benzene rings is 3. The Balaban J connectivity index is 1.92. The first kappa shape index (κ1) is 35.0. The van der Waals surface area contributed by atoms with E-state index >= 15 is 0 Å². The summed E-state index contributed by atoms with van der Waals surface area (Å²) in [5.41, 5.74) is -0.520. The molecule has 0 radical (unpaired) electrons. The van der Waals surface area contributed by atoms with Crippen LogP contribution >= 0.6 is 0 Å². The number of hydrogen-bond donors (Lipinski definition) is 0. The second kappa shape index (κ2) is 15.2. The number of non-ortho nitro benzene ring substituents is 3. The van der Waals surface area contributed by atoms with Crippen LogP contribution in [0.4, 0.5) is 17.1 Å². The van der Waals surface area contributed by atoms with Crippen LogP contribution in [0.25, 0.3) is 0 Å². The molecule has 0 saturated carbocycles. The van der Waals surface area contributed by atoms with Gasteiger partial charge in [-0.3, -0.25) is 45.0 Å². The van der Waals surface area contributed by atoms with Gasteiger partial charge in [0.25, 0.3) is 17.1 Å². The Kier molecular flexibility index (Phi) is 11.1. The van der Waals surface area contributed by atoms with Gasteiger partial charge in [-0.1, -0.05) is 36.4 Å². The van der Waals surface area contributed by atoms with Gasteiger partial charge >= 0.3 is 17.9 Å². The monoisotopic (exact) mass is 666 g/mol. The summed E-state index contributed by atoms with van der Waals surface area (Å²) >= 11 is 0. The highest BCUT2D eigenvalue weighted by atomic mass is 16.6. The minimum Gasteiger partial charge on any atom is -0.468 e. The van der Waals surface area contributed by atoms with Gasteiger partial charge in [0.2, 0.25) is 0 Å². The number of carbonyl (C=O) groups excluding carboxylic acids is 3. The van der Waals surface area contributed by atoms with E-state index in [-0.39, 0.29) is 53.8 Å². The van der Waals surface area contributed by atoms with Crippen LogP contribution in [0.15, 0.2) is 72.8 Å². The summed E-state index contributed by atoms with van der Waals surface area (Å²) in [6.07, 6.45) is 0. The van der Waals surface area contributed by atoms with E-state index in [0.29, 0.717) is 0 Å². The van der Waals surface area contributed by atoms with Crippen LogP contribution in [0.2, 0.25) is 0 Å². The Morgan fingerprint density at radius 1 is 0.542 bits per heavy atom. The summed E-state index contributed by atoms with van der Waals surface area (Å²) in [7, 11) is 3.35. The predicted molar refractivity (Wildman–Crippen MR) is 164 cm³/mol. The maximum absolute atomic E-state index is 13.4. The number of nitro groups is 3. The maximum atomic E-state index is 13.4. The molecule has 1 aliphatic heterocycles. The van der Waals surface area contributed by atoms with E-state index in [1.54, 1.807) is 0 Å². The van der Waals surface area contributed by atoms with Gasteiger partial charge in [-0.05, 0) is 16.7 Å². The van der Waals surface area contributed by atoms with Crippen LogP contribution in [0, 0.1) is 30.3 Å². The number of methoxy groups -OCH3 is 3. The quantitative estimate of drug-likeness (QED) is 0.117. The van der Waals surface area contributed by atoms with Crippen LogP contribution in [0.5, 0.6) is 0 Å². The SMILES string of the molecule is COC(=O)C(c1cccc([N+](=O)[O-])c1)N1CN(C(C(=O)OC)c2cccc([N+](=O)[O-])c2)CN(C(C(=O)OC)c2cccc([N+](=O)[O-])c2)C1. The molecule has 1 saturated heterocycles. The molecule has 3 atom stereocenters. The van der Waals surface area contributed by atoms with Crippen molar-refractivity contribution in [3.8, 4) is 0 Å². The highest BCUT2D eigenvalue weighted by Gasteiger charge is 2.43. The van der Waals surface area contributed by atoms with Crippen LogP contribution < -0.4 is 0 Å². The molecule has 0 amide bonds. The van der Waals surface area contributed by atoms with Crippen LogP contribution in [-0.4, -0.2) is 88.7 Å². The molecule has 1 heterocycles. The molecule has 18 heteroatoms. The minimum atomic E-state index is -1.34. The Bertz CT molecular complexity index is 1530. The van der Waals surface area contributed by atoms with Gasteiger partial charge in [-0.25, -0.2) is 14.4 Å². The standard InChI is InChI=1S/C30H30N6O12/c1-46-28(37)25(19-7-4-10-22(13-19)34(40)41)31-16-32(26(29(38)47-2)20-8-5-11-23(14-20)35(42)43)18-33(17-31)27(30(39)48-3)21-9-6-12-24(15-21)36(44)45/h4-15,25-27H,16-18H2,1-3H3. The number of esters is 3. The molecule has 3 aromatic carbocycles. The molecule has 3 unspecified atom stereocenters. The molecule has 0 aliphatic carbocycles. The summed E-state index contributed by atoms with van der Waals surface area (Å²) in [5, 5.41) is 34.8. The lowest BCUT2D eigenvalue weighted by Gasteiger charge is -2.48. The van der Waals surface area contributed by atoms with E-state index in [9.17, 15) is 44.7 Å². The second-order valence-electron chi connectivity index (χ2n) is 10.5. The zero-order valence-electron chi connectivity index (χ0n) is 25.9. The number of rotatable bonds is 12. The van der Waals surface area contributed by atoms with Crippen LogP contribution in [0.1, 0.15) is 34.8 Å². The fraction of sp³-hybridized carbons (Fsp3) is 0.300. The van der Waals surface area contributed by atoms with Crippen molar-refractivity contribution >= 4 is 35.0 Å². The molecule has 18 nitrogen and oxygen atoms in total. The van der Waals surface area contributed by atoms with Crippen molar-refractivity contribution in [1.29, 1.82) is 0 Å². The Morgan fingerprint density at radius 2 is 0.792 bits per heavy atom. The van der Waals surface area contributed by atoms with E-state index in [0.717, 1.165) is 21.3 Å². The molecule has 0 bridgehead atoms. The first-order valence-electron chi connectivity index (χ1n) is 14.1. The van der Waals surface area contributed by atoms with Crippen molar-refractivity contribution in [3.63, 3.8) is 0 Å². The van der Waals surface area contributed by atoms with Crippen LogP contribution in [-0.2, 0) is 28.6 Å². The summed E-state index contributed by atoms with van der Waals surface area (Å²) < 4.78 is 15.2. The zero-order valence-corrected chi connectivity index (χ0v) is 25.9. The van der Waals surface area contributed by atoms with Gasteiger partial charge < -0.3 is 14.2 Å². The van der Waals surface area contributed by atoms with Crippen molar-refractivity contribution < 1.29 is 43.4 Å². The first-order valence-corrected chi connectivity index (χ1v) is 14.1. The van der Waals surface area contributed by atoms with Gasteiger partial charge in [0.1, 0.15) is 18.1 Å². The zero-order chi connectivity index (χ0) is 35.1. The van der Waals surface area contributed by atoms with E-state index in [1.807, 2.05) is 0 Å². The number of carbonyl (C=O) groups is 3. The third kappa shape index (κ3) is 7.57. The fourth-order valence-corrected chi connectivity index (χ4v) is 5.57. The molecular weight excluding hydrogens is 636 g/mol. The molecule has 48 heavy (non-hydrogen) atoms. The van der Waals surface area contributed by atoms with Gasteiger partial charge in [-0.15, -0.1) is 0 Å². The molecule has 0 aromatic heterocycles. The second-order valence-corrected chi connectivity index (χ2v) is 10.5. The van der Waals surface area contributed by atoms with Crippen LogP contribution in [0.3, 0.4) is 0 Å². The predicted octanol–water partition coefficient (Wildman–Crippen LogP) is 3.25. The third-order valence-corrected chi connectivity index (χ3v) is 7.65. The van der Waals surface area contributed by atoms with Crippen molar-refractivity contribution in [3.05, 3.63) is 120 Å². The van der Waals surface area contributed by atoms with E-state index < -0.39 is 50.8 Å². The number of nitrogens with zero attached hydrogens (tertiary/aromatic N) is 6. The summed E-state index contributed by atoms with van der Waals surface area (Å²) in [4.78, 5) is 77.5. The van der Waals surface area contributed by atoms with Gasteiger partial charge in [0, 0.05) is 36.4 Å². The minimum absolute atomic E-state index is 0.146. The molecule has 1 aliphatic rings. The lowest BCUT2D eigenvalue weighted by atomic mass is 10.0. The lowest BCUT2D eigenvalue weighted by Crippen LogP contribution is -2.60. The number of ether oxygens (including phenoxy) is 3. The third-order valence-electron chi connectivity index (χ3n) is 7.65. The molecule has 252 valence electrons. The highest BCUT2D eigenvalue weighted by Crippen LogP contribution is 2.36. The normalized spacial score (nSPS) is 15.8. The Morgan fingerprint density at radius 3 is 1.00 bits per heavy atom. The summed E-state index contributed by atoms with van der Waals surface area (Å²) in [6, 6.07) is 11.8. The Labute approximate surface area is 272 Å². The smallest absolute Gasteiger partial charge is 0.327 e. The first-order chi connectivity index (χ1) is 22.9. The van der Waals surface area contributed by atoms with Gasteiger partial charge in [-0.2, -0.15) is 0 Å². The topological polar surface area (TPSA) is 218 Å². The van der Waals surface area contributed by atoms with Crippen molar-refractivity contribution in [1.82, 2.24) is 14.7 Å². The van der Waals surface area contributed by atoms with E-state index in [4.69, 9.17) is 14.2 Å². The molecule has 0 N–H and O–H groups in total. The van der Waals surface area contributed by atoms with Crippen molar-refractivity contribution in [2.24, 2.45) is 0 Å². The lowest BCUT2D eigenvalue weighted by molar-refractivity contribution is -0.385. The number of hydrogen-bond acceptors (Lipinski definition) is 15. The molecule has 3 aromatic rings. The summed E-state index contributed by atoms with van der Waals surface area (Å²) in [6.45, 7) is -0.696. The van der Waals surface area contributed by atoms with Crippen molar-refractivity contribution in [2.75, 3.05) is 41.3 Å².